The Morgan fingerprint density at radius 1 is 0.840 bits per heavy atom. The molecule has 1 fully saturated rings. The minimum absolute atomic E-state index is 0.154. The van der Waals surface area contributed by atoms with Gasteiger partial charge in [0.25, 0.3) is 0 Å². The molecule has 0 aliphatic carbocycles. The summed E-state index contributed by atoms with van der Waals surface area (Å²) < 4.78 is 30.8. The van der Waals surface area contributed by atoms with Gasteiger partial charge in [0.15, 0.2) is 30.7 Å². The Labute approximate surface area is 144 Å². The maximum atomic E-state index is 12.0. The lowest BCUT2D eigenvalue weighted by molar-refractivity contribution is -0.300. The van der Waals surface area contributed by atoms with Gasteiger partial charge >= 0.3 is 23.9 Å². The average molecular weight is 362 g/mol. The van der Waals surface area contributed by atoms with E-state index in [4.69, 9.17) is 23.7 Å². The van der Waals surface area contributed by atoms with Crippen LogP contribution in [-0.2, 0) is 47.6 Å². The number of hydrogen-bond donors (Lipinski definition) is 0. The Kier molecular flexibility index (Phi) is 7.78. The van der Waals surface area contributed by atoms with E-state index in [1.54, 1.807) is 6.92 Å². The van der Waals surface area contributed by atoms with Crippen LogP contribution in [0.1, 0.15) is 27.7 Å². The zero-order chi connectivity index (χ0) is 19.1. The molecule has 1 heterocycles. The number of hydrogen-bond acceptors (Lipinski definition) is 10. The van der Waals surface area contributed by atoms with Crippen molar-refractivity contribution in [3.63, 3.8) is 0 Å². The first-order valence-electron chi connectivity index (χ1n) is 7.57. The van der Waals surface area contributed by atoms with Crippen molar-refractivity contribution in [3.05, 3.63) is 0 Å². The van der Waals surface area contributed by atoms with Gasteiger partial charge in [0.1, 0.15) is 0 Å². The fraction of sp³-hybridized carbons (Fsp3) is 0.733. The molecule has 0 saturated carbocycles. The number of esters is 4. The summed E-state index contributed by atoms with van der Waals surface area (Å²) in [6.45, 7) is 5.17. The SMILES string of the molecule is CCO[C@H]1OC(C(=O)OC)[C@H](OC(C)=O)[C@H](OC(C)=O)C1OC(C)=O. The summed E-state index contributed by atoms with van der Waals surface area (Å²) in [5.74, 6) is -3.06. The monoisotopic (exact) mass is 362 g/mol. The van der Waals surface area contributed by atoms with Crippen molar-refractivity contribution in [3.8, 4) is 0 Å². The van der Waals surface area contributed by atoms with Gasteiger partial charge in [0.2, 0.25) is 0 Å². The summed E-state index contributed by atoms with van der Waals surface area (Å²) in [6, 6.07) is 0. The molecule has 0 bridgehead atoms. The maximum absolute atomic E-state index is 12.0. The molecule has 1 rings (SSSR count). The van der Waals surface area contributed by atoms with E-state index in [0.717, 1.165) is 27.9 Å². The highest BCUT2D eigenvalue weighted by Gasteiger charge is 2.55. The maximum Gasteiger partial charge on any atom is 0.339 e. The normalized spacial score (nSPS) is 28.6. The lowest BCUT2D eigenvalue weighted by Crippen LogP contribution is -2.63. The predicted octanol–water partition coefficient (Wildman–Crippen LogP) is -0.284. The summed E-state index contributed by atoms with van der Waals surface area (Å²) >= 11 is 0. The van der Waals surface area contributed by atoms with E-state index < -0.39 is 54.6 Å². The Morgan fingerprint density at radius 2 is 1.32 bits per heavy atom. The third-order valence-electron chi connectivity index (χ3n) is 3.17. The fourth-order valence-electron chi connectivity index (χ4n) is 2.38. The van der Waals surface area contributed by atoms with E-state index in [9.17, 15) is 19.2 Å². The van der Waals surface area contributed by atoms with Crippen molar-refractivity contribution in [2.24, 2.45) is 0 Å². The second-order valence-electron chi connectivity index (χ2n) is 5.13. The summed E-state index contributed by atoms with van der Waals surface area (Å²) in [6.07, 6.45) is -6.60. The van der Waals surface area contributed by atoms with Crippen molar-refractivity contribution < 1.29 is 47.6 Å². The molecule has 1 aliphatic rings. The first-order chi connectivity index (χ1) is 11.7. The first-order valence-corrected chi connectivity index (χ1v) is 7.57. The van der Waals surface area contributed by atoms with Crippen LogP contribution < -0.4 is 0 Å². The molecule has 0 amide bonds. The predicted molar refractivity (Wildman–Crippen MR) is 79.0 cm³/mol. The van der Waals surface area contributed by atoms with Crippen LogP contribution in [0.3, 0.4) is 0 Å². The van der Waals surface area contributed by atoms with Gasteiger partial charge < -0.3 is 28.4 Å². The van der Waals surface area contributed by atoms with E-state index in [2.05, 4.69) is 4.74 Å². The molecule has 2 unspecified atom stereocenters. The molecular formula is C15H22O10. The van der Waals surface area contributed by atoms with Gasteiger partial charge in [-0.25, -0.2) is 4.79 Å². The zero-order valence-electron chi connectivity index (χ0n) is 14.7. The highest BCUT2D eigenvalue weighted by Crippen LogP contribution is 2.30. The molecule has 0 aromatic rings. The lowest BCUT2D eigenvalue weighted by atomic mass is 9.97. The third kappa shape index (κ3) is 5.68. The molecule has 0 radical (unpaired) electrons. The van der Waals surface area contributed by atoms with Gasteiger partial charge in [-0.1, -0.05) is 0 Å². The van der Waals surface area contributed by atoms with Gasteiger partial charge in [-0.15, -0.1) is 0 Å². The Balaban J connectivity index is 3.31. The largest absolute Gasteiger partial charge is 0.467 e. The molecule has 0 N–H and O–H groups in total. The molecule has 1 saturated heterocycles. The number of rotatable bonds is 6. The molecule has 1 aliphatic heterocycles. The molecule has 5 atom stereocenters. The molecule has 0 spiro atoms. The Morgan fingerprint density at radius 3 is 1.76 bits per heavy atom. The quantitative estimate of drug-likeness (QED) is 0.460. The zero-order valence-corrected chi connectivity index (χ0v) is 14.7. The smallest absolute Gasteiger partial charge is 0.339 e. The average Bonchev–Trinajstić information content (AvgIpc) is 2.50. The first kappa shape index (κ1) is 20.8. The highest BCUT2D eigenvalue weighted by atomic mass is 16.7. The standard InChI is InChI=1S/C15H22O10/c1-6-21-15-13(24-9(4)18)11(23-8(3)17)10(22-7(2)16)12(25-15)14(19)20-5/h10-13,15H,6H2,1-5H3/t10-,11+,12?,13?,15+/m1/s1. The molecular weight excluding hydrogens is 340 g/mol. The van der Waals surface area contributed by atoms with E-state index >= 15 is 0 Å². The van der Waals surface area contributed by atoms with Crippen LogP contribution in [0.5, 0.6) is 0 Å². The summed E-state index contributed by atoms with van der Waals surface area (Å²) in [4.78, 5) is 46.4. The molecule has 25 heavy (non-hydrogen) atoms. The third-order valence-corrected chi connectivity index (χ3v) is 3.17. The van der Waals surface area contributed by atoms with Crippen LogP contribution in [0.15, 0.2) is 0 Å². The lowest BCUT2D eigenvalue weighted by Gasteiger charge is -2.43. The number of carbonyl (C=O) groups is 4. The molecule has 142 valence electrons. The highest BCUT2D eigenvalue weighted by molar-refractivity contribution is 5.77. The second kappa shape index (κ2) is 9.33. The van der Waals surface area contributed by atoms with Crippen molar-refractivity contribution in [1.82, 2.24) is 0 Å². The van der Waals surface area contributed by atoms with Gasteiger partial charge in [-0.05, 0) is 6.92 Å². The summed E-state index contributed by atoms with van der Waals surface area (Å²) in [5, 5.41) is 0. The van der Waals surface area contributed by atoms with Crippen LogP contribution in [-0.4, -0.2) is 68.3 Å². The van der Waals surface area contributed by atoms with Crippen LogP contribution in [0.2, 0.25) is 0 Å². The molecule has 10 heteroatoms. The van der Waals surface area contributed by atoms with E-state index in [1.807, 2.05) is 0 Å². The Bertz CT molecular complexity index is 516. The number of methoxy groups -OCH3 is 1. The van der Waals surface area contributed by atoms with E-state index in [0.29, 0.717) is 0 Å². The van der Waals surface area contributed by atoms with Gasteiger partial charge in [-0.2, -0.15) is 0 Å². The minimum Gasteiger partial charge on any atom is -0.467 e. The summed E-state index contributed by atoms with van der Waals surface area (Å²) in [7, 11) is 1.12. The van der Waals surface area contributed by atoms with Crippen LogP contribution >= 0.6 is 0 Å². The second-order valence-corrected chi connectivity index (χ2v) is 5.13. The molecule has 0 aromatic heterocycles. The molecule has 10 nitrogen and oxygen atoms in total. The fourth-order valence-corrected chi connectivity index (χ4v) is 2.38. The van der Waals surface area contributed by atoms with E-state index in [1.165, 1.54) is 0 Å². The van der Waals surface area contributed by atoms with Crippen molar-refractivity contribution in [2.75, 3.05) is 13.7 Å². The molecule has 0 aromatic carbocycles. The van der Waals surface area contributed by atoms with Crippen molar-refractivity contribution in [2.45, 2.75) is 58.4 Å². The summed E-state index contributed by atoms with van der Waals surface area (Å²) in [5.41, 5.74) is 0. The van der Waals surface area contributed by atoms with Crippen LogP contribution in [0.25, 0.3) is 0 Å². The van der Waals surface area contributed by atoms with Crippen LogP contribution in [0.4, 0.5) is 0 Å². The Hall–Kier alpha value is -2.20. The van der Waals surface area contributed by atoms with Crippen molar-refractivity contribution >= 4 is 23.9 Å². The topological polar surface area (TPSA) is 124 Å². The van der Waals surface area contributed by atoms with Gasteiger partial charge in [0, 0.05) is 27.4 Å². The van der Waals surface area contributed by atoms with Crippen LogP contribution in [0, 0.1) is 0 Å². The minimum atomic E-state index is -1.43. The van der Waals surface area contributed by atoms with E-state index in [-0.39, 0.29) is 6.61 Å². The number of ether oxygens (including phenoxy) is 6. The van der Waals surface area contributed by atoms with Gasteiger partial charge in [-0.3, -0.25) is 14.4 Å². The van der Waals surface area contributed by atoms with Crippen molar-refractivity contribution in [1.29, 1.82) is 0 Å². The number of carbonyl (C=O) groups excluding carboxylic acids is 4. The van der Waals surface area contributed by atoms with Gasteiger partial charge in [0.05, 0.1) is 7.11 Å².